The molecule has 0 N–H and O–H groups in total. The van der Waals surface area contributed by atoms with E-state index in [1.165, 1.54) is 4.90 Å². The fourth-order valence-corrected chi connectivity index (χ4v) is 4.31. The van der Waals surface area contributed by atoms with Crippen LogP contribution in [0.2, 0.25) is 0 Å². The fourth-order valence-electron chi connectivity index (χ4n) is 4.31. The molecule has 0 spiro atoms. The normalized spacial score (nSPS) is 17.2. The minimum atomic E-state index is -0.379. The van der Waals surface area contributed by atoms with Crippen molar-refractivity contribution < 1.29 is 33.4 Å². The Morgan fingerprint density at radius 2 is 1.89 bits per heavy atom. The molecular weight excluding hydrogens is 464 g/mol. The van der Waals surface area contributed by atoms with E-state index in [0.29, 0.717) is 48.7 Å². The zero-order valence-electron chi connectivity index (χ0n) is 20.5. The number of hydrogen-bond donors (Lipinski definition) is 0. The monoisotopic (exact) mass is 494 g/mol. The average molecular weight is 495 g/mol. The topological polar surface area (TPSA) is 102 Å². The van der Waals surface area contributed by atoms with Gasteiger partial charge >= 0.3 is 5.97 Å². The number of fused-ring (bicyclic) bond motifs is 1. The van der Waals surface area contributed by atoms with Crippen molar-refractivity contribution in [1.82, 2.24) is 4.90 Å². The SMILES string of the molecule is CCOC(=O)[C@@H]1CCCN(C(=O)CN2C(=O)COc3ccc(C(=O)COc4ccc(C)cc4)cc32)C1. The molecule has 1 atom stereocenters. The summed E-state index contributed by atoms with van der Waals surface area (Å²) in [5, 5.41) is 0. The summed E-state index contributed by atoms with van der Waals surface area (Å²) in [6.07, 6.45) is 1.35. The van der Waals surface area contributed by atoms with Crippen LogP contribution in [0.5, 0.6) is 11.5 Å². The lowest BCUT2D eigenvalue weighted by atomic mass is 9.98. The van der Waals surface area contributed by atoms with Crippen LogP contribution in [0.3, 0.4) is 0 Å². The summed E-state index contributed by atoms with van der Waals surface area (Å²) in [7, 11) is 0. The Hall–Kier alpha value is -3.88. The van der Waals surface area contributed by atoms with Gasteiger partial charge in [0.05, 0.1) is 18.2 Å². The van der Waals surface area contributed by atoms with Crippen molar-refractivity contribution in [2.24, 2.45) is 5.92 Å². The van der Waals surface area contributed by atoms with E-state index in [9.17, 15) is 19.2 Å². The van der Waals surface area contributed by atoms with Crippen LogP contribution in [0.1, 0.15) is 35.7 Å². The highest BCUT2D eigenvalue weighted by Gasteiger charge is 2.33. The molecule has 0 aromatic heterocycles. The lowest BCUT2D eigenvalue weighted by Gasteiger charge is -2.34. The van der Waals surface area contributed by atoms with Crippen LogP contribution in [0.25, 0.3) is 0 Å². The Morgan fingerprint density at radius 3 is 2.64 bits per heavy atom. The summed E-state index contributed by atoms with van der Waals surface area (Å²) in [6.45, 7) is 4.20. The molecule has 9 heteroatoms. The number of nitrogens with zero attached hydrogens (tertiary/aromatic N) is 2. The summed E-state index contributed by atoms with van der Waals surface area (Å²) in [6, 6.07) is 12.2. The Bertz CT molecular complexity index is 1150. The van der Waals surface area contributed by atoms with Crippen molar-refractivity contribution in [3.05, 3.63) is 53.6 Å². The van der Waals surface area contributed by atoms with Crippen molar-refractivity contribution >= 4 is 29.3 Å². The van der Waals surface area contributed by atoms with E-state index in [2.05, 4.69) is 0 Å². The molecule has 0 bridgehead atoms. The molecule has 1 saturated heterocycles. The highest BCUT2D eigenvalue weighted by atomic mass is 16.5. The number of likely N-dealkylation sites (tertiary alicyclic amines) is 1. The fraction of sp³-hybridized carbons (Fsp3) is 0.407. The van der Waals surface area contributed by atoms with Crippen LogP contribution in [-0.4, -0.2) is 67.9 Å². The predicted octanol–water partition coefficient (Wildman–Crippen LogP) is 2.78. The van der Waals surface area contributed by atoms with Crippen molar-refractivity contribution in [1.29, 1.82) is 0 Å². The van der Waals surface area contributed by atoms with Crippen LogP contribution in [0.4, 0.5) is 5.69 Å². The van der Waals surface area contributed by atoms with Gasteiger partial charge in [0, 0.05) is 18.7 Å². The number of amides is 2. The largest absolute Gasteiger partial charge is 0.485 e. The van der Waals surface area contributed by atoms with Gasteiger partial charge < -0.3 is 19.1 Å². The number of ketones is 1. The van der Waals surface area contributed by atoms with Gasteiger partial charge in [0.1, 0.15) is 18.0 Å². The van der Waals surface area contributed by atoms with E-state index in [-0.39, 0.29) is 55.8 Å². The zero-order chi connectivity index (χ0) is 25.7. The van der Waals surface area contributed by atoms with Crippen LogP contribution >= 0.6 is 0 Å². The minimum absolute atomic E-state index is 0.168. The number of Topliss-reactive ketones (excluding diaryl/α,β-unsaturated/α-hetero) is 1. The maximum Gasteiger partial charge on any atom is 0.310 e. The average Bonchev–Trinajstić information content (AvgIpc) is 2.89. The molecule has 0 saturated carbocycles. The standard InChI is InChI=1S/C27H30N2O7/c1-3-34-27(33)20-5-4-12-28(14-20)25(31)15-29-22-13-19(8-11-24(22)36-17-26(29)32)23(30)16-35-21-9-6-18(2)7-10-21/h6-11,13,20H,3-5,12,14-17H2,1-2H3/t20-/m1/s1. The second kappa shape index (κ2) is 11.2. The molecule has 190 valence electrons. The third-order valence-electron chi connectivity index (χ3n) is 6.30. The maximum absolute atomic E-state index is 13.1. The number of anilines is 1. The number of hydrogen-bond acceptors (Lipinski definition) is 7. The molecule has 36 heavy (non-hydrogen) atoms. The molecule has 0 unspecified atom stereocenters. The summed E-state index contributed by atoms with van der Waals surface area (Å²) in [5.41, 5.74) is 1.79. The number of carbonyl (C=O) groups excluding carboxylic acids is 4. The minimum Gasteiger partial charge on any atom is -0.485 e. The first-order valence-electron chi connectivity index (χ1n) is 12.1. The maximum atomic E-state index is 13.1. The van der Waals surface area contributed by atoms with Gasteiger partial charge in [-0.15, -0.1) is 0 Å². The second-order valence-corrected chi connectivity index (χ2v) is 8.91. The molecule has 2 aromatic carbocycles. The van der Waals surface area contributed by atoms with Gasteiger partial charge in [-0.05, 0) is 57.0 Å². The molecule has 0 aliphatic carbocycles. The summed E-state index contributed by atoms with van der Waals surface area (Å²) in [5.74, 6) is -0.593. The zero-order valence-corrected chi connectivity index (χ0v) is 20.5. The lowest BCUT2D eigenvalue weighted by molar-refractivity contribution is -0.151. The smallest absolute Gasteiger partial charge is 0.310 e. The Kier molecular flexibility index (Phi) is 7.87. The molecule has 0 radical (unpaired) electrons. The van der Waals surface area contributed by atoms with Gasteiger partial charge in [0.25, 0.3) is 5.91 Å². The molecule has 2 amide bonds. The summed E-state index contributed by atoms with van der Waals surface area (Å²) >= 11 is 0. The Labute approximate surface area is 209 Å². The van der Waals surface area contributed by atoms with Gasteiger partial charge in [-0.25, -0.2) is 0 Å². The first-order chi connectivity index (χ1) is 17.4. The van der Waals surface area contributed by atoms with Crippen LogP contribution in [-0.2, 0) is 19.1 Å². The highest BCUT2D eigenvalue weighted by molar-refractivity contribution is 6.04. The molecule has 1 fully saturated rings. The van der Waals surface area contributed by atoms with E-state index >= 15 is 0 Å². The molecule has 2 aliphatic rings. The molecule has 2 aliphatic heterocycles. The first kappa shape index (κ1) is 25.2. The summed E-state index contributed by atoms with van der Waals surface area (Å²) in [4.78, 5) is 53.7. The first-order valence-corrected chi connectivity index (χ1v) is 12.1. The van der Waals surface area contributed by atoms with E-state index in [4.69, 9.17) is 14.2 Å². The third-order valence-corrected chi connectivity index (χ3v) is 6.30. The van der Waals surface area contributed by atoms with Gasteiger partial charge in [0.2, 0.25) is 5.91 Å². The molecular formula is C27H30N2O7. The molecule has 9 nitrogen and oxygen atoms in total. The molecule has 4 rings (SSSR count). The molecule has 2 aromatic rings. The van der Waals surface area contributed by atoms with Gasteiger partial charge in [0.15, 0.2) is 19.0 Å². The van der Waals surface area contributed by atoms with Crippen molar-refractivity contribution in [3.63, 3.8) is 0 Å². The van der Waals surface area contributed by atoms with Crippen molar-refractivity contribution in [2.45, 2.75) is 26.7 Å². The van der Waals surface area contributed by atoms with Crippen LogP contribution in [0, 0.1) is 12.8 Å². The highest BCUT2D eigenvalue weighted by Crippen LogP contribution is 2.33. The quantitative estimate of drug-likeness (QED) is 0.411. The number of rotatable bonds is 8. The third kappa shape index (κ3) is 5.84. The van der Waals surface area contributed by atoms with E-state index in [0.717, 1.165) is 5.56 Å². The van der Waals surface area contributed by atoms with Crippen molar-refractivity contribution in [3.8, 4) is 11.5 Å². The number of benzene rings is 2. The van der Waals surface area contributed by atoms with E-state index in [1.807, 2.05) is 19.1 Å². The summed E-state index contributed by atoms with van der Waals surface area (Å²) < 4.78 is 16.2. The van der Waals surface area contributed by atoms with Gasteiger partial charge in [-0.3, -0.25) is 24.1 Å². The molecule has 2 heterocycles. The van der Waals surface area contributed by atoms with Gasteiger partial charge in [-0.1, -0.05) is 17.7 Å². The second-order valence-electron chi connectivity index (χ2n) is 8.91. The van der Waals surface area contributed by atoms with Crippen LogP contribution < -0.4 is 14.4 Å². The van der Waals surface area contributed by atoms with Crippen LogP contribution in [0.15, 0.2) is 42.5 Å². The Balaban J connectivity index is 1.45. The number of piperidine rings is 1. The predicted molar refractivity (Wildman–Crippen MR) is 131 cm³/mol. The van der Waals surface area contributed by atoms with E-state index < -0.39 is 0 Å². The number of esters is 1. The van der Waals surface area contributed by atoms with E-state index in [1.54, 1.807) is 42.2 Å². The van der Waals surface area contributed by atoms with Gasteiger partial charge in [-0.2, -0.15) is 0 Å². The number of carbonyl (C=O) groups is 4. The number of ether oxygens (including phenoxy) is 3. The van der Waals surface area contributed by atoms with Crippen molar-refractivity contribution in [2.75, 3.05) is 44.4 Å². The number of aryl methyl sites for hydroxylation is 1. The Morgan fingerprint density at radius 1 is 1.11 bits per heavy atom. The lowest BCUT2D eigenvalue weighted by Crippen LogP contribution is -2.49.